The number of rotatable bonds is 7. The van der Waals surface area contributed by atoms with Gasteiger partial charge in [0.05, 0.1) is 30.3 Å². The average molecular weight is 488 g/mol. The Morgan fingerprint density at radius 1 is 1.07 bits per heavy atom. The molecule has 4 aromatic rings. The number of hydrogen-bond donors (Lipinski definition) is 0. The number of benzene rings is 1. The van der Waals surface area contributed by atoms with E-state index in [9.17, 15) is 9.59 Å². The summed E-state index contributed by atoms with van der Waals surface area (Å²) in [6, 6.07) is 13.5. The van der Waals surface area contributed by atoms with Gasteiger partial charge in [-0.3, -0.25) is 14.2 Å². The van der Waals surface area contributed by atoms with Gasteiger partial charge >= 0.3 is 0 Å². The fraction of sp³-hybridized carbons (Fsp3) is 0.190. The van der Waals surface area contributed by atoms with Crippen LogP contribution in [0.15, 0.2) is 68.8 Å². The van der Waals surface area contributed by atoms with Crippen molar-refractivity contribution in [1.82, 2.24) is 14.5 Å². The van der Waals surface area contributed by atoms with Gasteiger partial charge in [-0.25, -0.2) is 4.98 Å². The summed E-state index contributed by atoms with van der Waals surface area (Å²) in [6.45, 7) is 1.46. The summed E-state index contributed by atoms with van der Waals surface area (Å²) >= 11 is 6.68. The molecule has 0 atom stereocenters. The molecule has 0 saturated heterocycles. The molecule has 0 N–H and O–H groups in total. The zero-order valence-electron chi connectivity index (χ0n) is 15.5. The van der Waals surface area contributed by atoms with E-state index in [1.165, 1.54) is 10.9 Å². The average Bonchev–Trinajstić information content (AvgIpc) is 3.41. The smallest absolute Gasteiger partial charge is 0.261 e. The van der Waals surface area contributed by atoms with Crippen molar-refractivity contribution >= 4 is 55.4 Å². The van der Waals surface area contributed by atoms with Gasteiger partial charge < -0.3 is 4.90 Å². The Morgan fingerprint density at radius 2 is 1.76 bits per heavy atom. The third-order valence-corrected chi connectivity index (χ3v) is 6.77. The molecule has 0 aliphatic heterocycles. The monoisotopic (exact) mass is 487 g/mol. The largest absolute Gasteiger partial charge is 0.332 e. The van der Waals surface area contributed by atoms with Crippen LogP contribution in [0.1, 0.15) is 16.2 Å². The quantitative estimate of drug-likeness (QED) is 0.372. The molecule has 29 heavy (non-hydrogen) atoms. The van der Waals surface area contributed by atoms with Crippen molar-refractivity contribution in [2.45, 2.75) is 26.1 Å². The number of carbonyl (C=O) groups is 1. The van der Waals surface area contributed by atoms with E-state index in [4.69, 9.17) is 0 Å². The number of thiophene rings is 2. The Balaban J connectivity index is 1.50. The molecule has 148 valence electrons. The second-order valence-electron chi connectivity index (χ2n) is 6.56. The van der Waals surface area contributed by atoms with Crippen molar-refractivity contribution < 1.29 is 4.79 Å². The predicted octanol–water partition coefficient (Wildman–Crippen LogP) is 4.90. The van der Waals surface area contributed by atoms with Crippen molar-refractivity contribution in [2.75, 3.05) is 0 Å². The summed E-state index contributed by atoms with van der Waals surface area (Å²) in [7, 11) is 0. The minimum absolute atomic E-state index is 0.0213. The molecule has 1 aromatic carbocycles. The van der Waals surface area contributed by atoms with Crippen LogP contribution < -0.4 is 5.56 Å². The second kappa shape index (κ2) is 9.02. The van der Waals surface area contributed by atoms with Gasteiger partial charge in [-0.15, -0.1) is 22.7 Å². The number of halogens is 1. The topological polar surface area (TPSA) is 55.2 Å². The number of amides is 1. The maximum atomic E-state index is 13.0. The maximum Gasteiger partial charge on any atom is 0.261 e. The van der Waals surface area contributed by atoms with E-state index in [0.717, 1.165) is 14.2 Å². The van der Waals surface area contributed by atoms with Crippen LogP contribution in [0.4, 0.5) is 0 Å². The number of carbonyl (C=O) groups excluding carboxylic acids is 1. The lowest BCUT2D eigenvalue weighted by atomic mass is 10.2. The SMILES string of the molecule is O=C(CCn1cnc2ccc(Br)cc2c1=O)N(Cc1cccs1)Cc1cccs1. The highest BCUT2D eigenvalue weighted by Crippen LogP contribution is 2.18. The Kier molecular flexibility index (Phi) is 6.22. The summed E-state index contributed by atoms with van der Waals surface area (Å²) in [5.41, 5.74) is 0.518. The van der Waals surface area contributed by atoms with Crippen LogP contribution in [0.3, 0.4) is 0 Å². The van der Waals surface area contributed by atoms with Gasteiger partial charge in [-0.05, 0) is 41.1 Å². The highest BCUT2D eigenvalue weighted by molar-refractivity contribution is 9.10. The van der Waals surface area contributed by atoms with Crippen molar-refractivity contribution in [1.29, 1.82) is 0 Å². The molecule has 0 aliphatic rings. The molecular formula is C21H18BrN3O2S2. The first-order valence-electron chi connectivity index (χ1n) is 9.07. The molecule has 8 heteroatoms. The summed E-state index contributed by atoms with van der Waals surface area (Å²) in [6.07, 6.45) is 1.77. The Bertz CT molecular complexity index is 1130. The molecule has 3 aromatic heterocycles. The van der Waals surface area contributed by atoms with E-state index in [1.807, 2.05) is 46.0 Å². The van der Waals surface area contributed by atoms with Crippen LogP contribution in [0.2, 0.25) is 0 Å². The van der Waals surface area contributed by atoms with Gasteiger partial charge in [-0.2, -0.15) is 0 Å². The van der Waals surface area contributed by atoms with E-state index in [1.54, 1.807) is 34.8 Å². The summed E-state index contributed by atoms with van der Waals surface area (Å²) in [4.78, 5) is 34.2. The van der Waals surface area contributed by atoms with Gasteiger partial charge in [0.15, 0.2) is 0 Å². The molecule has 0 saturated carbocycles. The minimum atomic E-state index is -0.132. The highest BCUT2D eigenvalue weighted by atomic mass is 79.9. The Labute approximate surface area is 184 Å². The van der Waals surface area contributed by atoms with Gasteiger partial charge in [-0.1, -0.05) is 28.1 Å². The standard InChI is InChI=1S/C21H18BrN3O2S2/c22-15-5-6-19-18(11-15)21(27)24(14-23-19)8-7-20(26)25(12-16-3-1-9-28-16)13-17-4-2-10-29-17/h1-6,9-11,14H,7-8,12-13H2. The number of aryl methyl sites for hydroxylation is 1. The highest BCUT2D eigenvalue weighted by Gasteiger charge is 2.16. The normalized spacial score (nSPS) is 11.1. The summed E-state index contributed by atoms with van der Waals surface area (Å²) in [5, 5.41) is 4.58. The molecule has 1 amide bonds. The predicted molar refractivity (Wildman–Crippen MR) is 121 cm³/mol. The molecule has 4 rings (SSSR count). The molecule has 5 nitrogen and oxygen atoms in total. The lowest BCUT2D eigenvalue weighted by Gasteiger charge is -2.22. The molecule has 0 bridgehead atoms. The maximum absolute atomic E-state index is 13.0. The Hall–Kier alpha value is -2.29. The van der Waals surface area contributed by atoms with Crippen molar-refractivity contribution in [3.8, 4) is 0 Å². The fourth-order valence-corrected chi connectivity index (χ4v) is 4.88. The molecule has 0 spiro atoms. The van der Waals surface area contributed by atoms with Gasteiger partial charge in [0.2, 0.25) is 5.91 Å². The lowest BCUT2D eigenvalue weighted by molar-refractivity contribution is -0.132. The molecule has 3 heterocycles. The molecule has 0 fully saturated rings. The number of aromatic nitrogens is 2. The zero-order valence-corrected chi connectivity index (χ0v) is 18.7. The number of hydrogen-bond acceptors (Lipinski definition) is 5. The summed E-state index contributed by atoms with van der Waals surface area (Å²) in [5.74, 6) is 0.0213. The third kappa shape index (κ3) is 4.83. The summed E-state index contributed by atoms with van der Waals surface area (Å²) < 4.78 is 2.34. The van der Waals surface area contributed by atoms with Gasteiger partial charge in [0.25, 0.3) is 5.56 Å². The fourth-order valence-electron chi connectivity index (χ4n) is 3.08. The first kappa shape index (κ1) is 20.0. The molecular weight excluding hydrogens is 470 g/mol. The van der Waals surface area contributed by atoms with Crippen LogP contribution in [-0.2, 0) is 24.4 Å². The molecule has 0 unspecified atom stereocenters. The van der Waals surface area contributed by atoms with Gasteiger partial charge in [0, 0.05) is 27.2 Å². The van der Waals surface area contributed by atoms with Crippen LogP contribution in [0.5, 0.6) is 0 Å². The third-order valence-electron chi connectivity index (χ3n) is 4.56. The lowest BCUT2D eigenvalue weighted by Crippen LogP contribution is -2.31. The molecule has 0 radical (unpaired) electrons. The minimum Gasteiger partial charge on any atom is -0.332 e. The van der Waals surface area contributed by atoms with E-state index >= 15 is 0 Å². The van der Waals surface area contributed by atoms with Crippen LogP contribution in [-0.4, -0.2) is 20.4 Å². The van der Waals surface area contributed by atoms with Crippen molar-refractivity contribution in [3.63, 3.8) is 0 Å². The Morgan fingerprint density at radius 3 is 2.38 bits per heavy atom. The first-order valence-corrected chi connectivity index (χ1v) is 11.6. The van der Waals surface area contributed by atoms with E-state index in [-0.39, 0.29) is 17.9 Å². The first-order chi connectivity index (χ1) is 14.1. The van der Waals surface area contributed by atoms with Crippen molar-refractivity contribution in [2.24, 2.45) is 0 Å². The van der Waals surface area contributed by atoms with Crippen LogP contribution in [0, 0.1) is 0 Å². The zero-order chi connectivity index (χ0) is 20.2. The van der Waals surface area contributed by atoms with Gasteiger partial charge in [0.1, 0.15) is 0 Å². The van der Waals surface area contributed by atoms with Crippen molar-refractivity contribution in [3.05, 3.63) is 84.1 Å². The van der Waals surface area contributed by atoms with Crippen LogP contribution in [0.25, 0.3) is 10.9 Å². The second-order valence-corrected chi connectivity index (χ2v) is 9.54. The molecule has 0 aliphatic carbocycles. The number of nitrogens with zero attached hydrogens (tertiary/aromatic N) is 3. The van der Waals surface area contributed by atoms with E-state index in [2.05, 4.69) is 20.9 Å². The van der Waals surface area contributed by atoms with E-state index in [0.29, 0.717) is 30.5 Å². The van der Waals surface area contributed by atoms with E-state index < -0.39 is 0 Å². The number of fused-ring (bicyclic) bond motifs is 1. The van der Waals surface area contributed by atoms with Crippen LogP contribution >= 0.6 is 38.6 Å².